The van der Waals surface area contributed by atoms with Gasteiger partial charge in [0.25, 0.3) is 0 Å². The summed E-state index contributed by atoms with van der Waals surface area (Å²) in [5, 5.41) is 0. The quantitative estimate of drug-likeness (QED) is 0.479. The first kappa shape index (κ1) is 10.2. The number of hydrogen-bond donors (Lipinski definition) is 0. The van der Waals surface area contributed by atoms with Gasteiger partial charge in [-0.3, -0.25) is 0 Å². The minimum absolute atomic E-state index is 0.273. The van der Waals surface area contributed by atoms with E-state index in [0.29, 0.717) is 5.92 Å². The van der Waals surface area contributed by atoms with Gasteiger partial charge in [0.05, 0.1) is 0 Å². The van der Waals surface area contributed by atoms with E-state index in [1.165, 1.54) is 19.3 Å². The van der Waals surface area contributed by atoms with Gasteiger partial charge in [0.2, 0.25) is 0 Å². The molecule has 0 spiro atoms. The lowest BCUT2D eigenvalue weighted by Crippen LogP contribution is -2.18. The molecule has 0 radical (unpaired) electrons. The molecule has 1 aliphatic rings. The molecule has 72 valence electrons. The van der Waals surface area contributed by atoms with Crippen LogP contribution in [-0.4, -0.2) is 6.29 Å². The van der Waals surface area contributed by atoms with Crippen LogP contribution in [0.15, 0.2) is 24.3 Å². The molecule has 0 aromatic heterocycles. The summed E-state index contributed by atoms with van der Waals surface area (Å²) < 4.78 is 0. The van der Waals surface area contributed by atoms with Crippen molar-refractivity contribution in [3.63, 3.8) is 0 Å². The second kappa shape index (κ2) is 5.74. The van der Waals surface area contributed by atoms with Crippen LogP contribution in [0.5, 0.6) is 0 Å². The van der Waals surface area contributed by atoms with Crippen molar-refractivity contribution < 1.29 is 4.79 Å². The fourth-order valence-electron chi connectivity index (χ4n) is 1.91. The molecule has 0 unspecified atom stereocenters. The van der Waals surface area contributed by atoms with Crippen molar-refractivity contribution in [1.82, 2.24) is 0 Å². The Morgan fingerprint density at radius 2 is 1.77 bits per heavy atom. The minimum atomic E-state index is 0.273. The first-order valence-corrected chi connectivity index (χ1v) is 5.13. The van der Waals surface area contributed by atoms with Gasteiger partial charge in [-0.1, -0.05) is 37.1 Å². The highest BCUT2D eigenvalue weighted by Gasteiger charge is 2.21. The zero-order valence-electron chi connectivity index (χ0n) is 8.28. The molecule has 0 aromatic rings. The summed E-state index contributed by atoms with van der Waals surface area (Å²) in [6, 6.07) is 0. The molecule has 1 fully saturated rings. The Bertz CT molecular complexity index is 203. The molecule has 1 nitrogen and oxygen atoms in total. The van der Waals surface area contributed by atoms with Gasteiger partial charge < -0.3 is 4.79 Å². The van der Waals surface area contributed by atoms with E-state index < -0.39 is 0 Å². The summed E-state index contributed by atoms with van der Waals surface area (Å²) in [4.78, 5) is 10.8. The fourth-order valence-corrected chi connectivity index (χ4v) is 1.91. The van der Waals surface area contributed by atoms with Gasteiger partial charge in [-0.05, 0) is 25.7 Å². The van der Waals surface area contributed by atoms with Gasteiger partial charge in [-0.15, -0.1) is 0 Å². The van der Waals surface area contributed by atoms with E-state index in [1.54, 1.807) is 0 Å². The summed E-state index contributed by atoms with van der Waals surface area (Å²) >= 11 is 0. The molecule has 0 N–H and O–H groups in total. The van der Waals surface area contributed by atoms with Crippen molar-refractivity contribution >= 4 is 6.29 Å². The van der Waals surface area contributed by atoms with Crippen LogP contribution in [0.4, 0.5) is 0 Å². The van der Waals surface area contributed by atoms with Crippen LogP contribution in [0.25, 0.3) is 0 Å². The number of carbonyl (C=O) groups is 1. The SMILES string of the molecule is C/C=C/C=C/[C@H]1CCCC[C@H]1C=O. The largest absolute Gasteiger partial charge is 0.303 e. The molecule has 1 aliphatic carbocycles. The van der Waals surface area contributed by atoms with Crippen molar-refractivity contribution in [3.05, 3.63) is 24.3 Å². The molecule has 1 rings (SSSR count). The molecule has 2 atom stereocenters. The number of rotatable bonds is 3. The molecule has 0 heterocycles. The highest BCUT2D eigenvalue weighted by atomic mass is 16.1. The molecular formula is C12H18O. The molecule has 1 heteroatoms. The van der Waals surface area contributed by atoms with Crippen LogP contribution < -0.4 is 0 Å². The van der Waals surface area contributed by atoms with Crippen LogP contribution in [0.2, 0.25) is 0 Å². The second-order valence-corrected chi connectivity index (χ2v) is 3.66. The molecule has 0 aromatic carbocycles. The Kier molecular flexibility index (Phi) is 4.52. The lowest BCUT2D eigenvalue weighted by atomic mass is 9.80. The monoisotopic (exact) mass is 178 g/mol. The predicted octanol–water partition coefficient (Wildman–Crippen LogP) is 3.12. The van der Waals surface area contributed by atoms with Gasteiger partial charge in [-0.2, -0.15) is 0 Å². The molecule has 0 bridgehead atoms. The smallest absolute Gasteiger partial charge is 0.123 e. The van der Waals surface area contributed by atoms with E-state index in [2.05, 4.69) is 12.2 Å². The Balaban J connectivity index is 2.49. The third kappa shape index (κ3) is 3.17. The van der Waals surface area contributed by atoms with Gasteiger partial charge >= 0.3 is 0 Å². The zero-order valence-corrected chi connectivity index (χ0v) is 8.28. The predicted molar refractivity (Wildman–Crippen MR) is 55.5 cm³/mol. The Morgan fingerprint density at radius 1 is 1.08 bits per heavy atom. The van der Waals surface area contributed by atoms with Crippen molar-refractivity contribution in [3.8, 4) is 0 Å². The Labute approximate surface area is 80.5 Å². The second-order valence-electron chi connectivity index (χ2n) is 3.66. The maximum atomic E-state index is 10.8. The van der Waals surface area contributed by atoms with Crippen molar-refractivity contribution in [2.24, 2.45) is 11.8 Å². The van der Waals surface area contributed by atoms with Crippen LogP contribution >= 0.6 is 0 Å². The molecule has 0 amide bonds. The van der Waals surface area contributed by atoms with Crippen LogP contribution in [-0.2, 0) is 4.79 Å². The summed E-state index contributed by atoms with van der Waals surface area (Å²) in [5.74, 6) is 0.762. The normalized spacial score (nSPS) is 29.9. The zero-order chi connectivity index (χ0) is 9.52. The number of carbonyl (C=O) groups excluding carboxylic acids is 1. The lowest BCUT2D eigenvalue weighted by molar-refractivity contribution is -0.112. The van der Waals surface area contributed by atoms with E-state index in [0.717, 1.165) is 12.7 Å². The van der Waals surface area contributed by atoms with E-state index >= 15 is 0 Å². The number of aldehydes is 1. The van der Waals surface area contributed by atoms with Gasteiger partial charge in [0.15, 0.2) is 0 Å². The highest BCUT2D eigenvalue weighted by molar-refractivity contribution is 5.54. The maximum Gasteiger partial charge on any atom is 0.123 e. The fraction of sp³-hybridized carbons (Fsp3) is 0.583. The van der Waals surface area contributed by atoms with E-state index in [9.17, 15) is 4.79 Å². The van der Waals surface area contributed by atoms with Crippen LogP contribution in [0.3, 0.4) is 0 Å². The van der Waals surface area contributed by atoms with Crippen molar-refractivity contribution in [2.45, 2.75) is 32.6 Å². The Hall–Kier alpha value is -0.850. The maximum absolute atomic E-state index is 10.8. The molecule has 0 aliphatic heterocycles. The third-order valence-corrected chi connectivity index (χ3v) is 2.71. The van der Waals surface area contributed by atoms with E-state index in [1.807, 2.05) is 19.1 Å². The summed E-state index contributed by atoms with van der Waals surface area (Å²) in [6.45, 7) is 2.00. The summed E-state index contributed by atoms with van der Waals surface area (Å²) in [5.41, 5.74) is 0. The molecule has 1 saturated carbocycles. The molecule has 0 saturated heterocycles. The van der Waals surface area contributed by atoms with Gasteiger partial charge in [0.1, 0.15) is 6.29 Å². The van der Waals surface area contributed by atoms with Crippen LogP contribution in [0, 0.1) is 11.8 Å². The summed E-state index contributed by atoms with van der Waals surface area (Å²) in [6.07, 6.45) is 14.2. The van der Waals surface area contributed by atoms with Crippen molar-refractivity contribution in [2.75, 3.05) is 0 Å². The van der Waals surface area contributed by atoms with Crippen molar-refractivity contribution in [1.29, 1.82) is 0 Å². The van der Waals surface area contributed by atoms with Gasteiger partial charge in [-0.25, -0.2) is 0 Å². The van der Waals surface area contributed by atoms with E-state index in [4.69, 9.17) is 0 Å². The molecule has 13 heavy (non-hydrogen) atoms. The van der Waals surface area contributed by atoms with E-state index in [-0.39, 0.29) is 5.92 Å². The first-order chi connectivity index (χ1) is 6.38. The number of hydrogen-bond acceptors (Lipinski definition) is 1. The topological polar surface area (TPSA) is 17.1 Å². The van der Waals surface area contributed by atoms with Crippen LogP contribution in [0.1, 0.15) is 32.6 Å². The molecular weight excluding hydrogens is 160 g/mol. The lowest BCUT2D eigenvalue weighted by Gasteiger charge is -2.24. The average molecular weight is 178 g/mol. The summed E-state index contributed by atoms with van der Waals surface area (Å²) in [7, 11) is 0. The third-order valence-electron chi connectivity index (χ3n) is 2.71. The first-order valence-electron chi connectivity index (χ1n) is 5.13. The average Bonchev–Trinajstić information content (AvgIpc) is 2.19. The highest BCUT2D eigenvalue weighted by Crippen LogP contribution is 2.29. The Morgan fingerprint density at radius 3 is 2.38 bits per heavy atom. The standard InChI is InChI=1S/C12H18O/c1-2-3-4-7-11-8-5-6-9-12(11)10-13/h2-4,7,10-12H,5-6,8-9H2,1H3/b3-2+,7-4+/t11-,12-/m0/s1. The van der Waals surface area contributed by atoms with Gasteiger partial charge in [0, 0.05) is 5.92 Å². The minimum Gasteiger partial charge on any atom is -0.303 e. The number of allylic oxidation sites excluding steroid dienone is 4.